The van der Waals surface area contributed by atoms with E-state index in [1.54, 1.807) is 0 Å². The van der Waals surface area contributed by atoms with Gasteiger partial charge in [-0.25, -0.2) is 0 Å². The summed E-state index contributed by atoms with van der Waals surface area (Å²) in [7, 11) is 1.33. The summed E-state index contributed by atoms with van der Waals surface area (Å²) < 4.78 is 34.6. The fourth-order valence-electron chi connectivity index (χ4n) is 6.23. The highest BCUT2D eigenvalue weighted by atomic mass is 31.2. The van der Waals surface area contributed by atoms with Crippen LogP contribution in [-0.2, 0) is 27.9 Å². The lowest BCUT2D eigenvalue weighted by atomic mass is 10.0. The minimum absolute atomic E-state index is 0.0174. The first-order chi connectivity index (χ1) is 29.6. The molecule has 0 rings (SSSR count). The predicted molar refractivity (Wildman–Crippen MR) is 258 cm³/mol. The van der Waals surface area contributed by atoms with Gasteiger partial charge in [0.15, 0.2) is 0 Å². The van der Waals surface area contributed by atoms with Crippen LogP contribution in [-0.4, -0.2) is 70.7 Å². The van der Waals surface area contributed by atoms with Gasteiger partial charge in [0.05, 0.1) is 34.4 Å². The first-order valence-corrected chi connectivity index (χ1v) is 25.8. The molecule has 0 aliphatic rings. The van der Waals surface area contributed by atoms with Gasteiger partial charge >= 0.3 is 5.97 Å². The summed E-state index contributed by atoms with van der Waals surface area (Å²) in [5, 5.41) is 0. The Hall–Kier alpha value is -2.32. The van der Waals surface area contributed by atoms with E-state index in [1.165, 1.54) is 64.2 Å². The molecule has 0 aromatic heterocycles. The minimum Gasteiger partial charge on any atom is -0.756 e. The number of carbonyl (C=O) groups is 1. The molecule has 0 spiro atoms. The summed E-state index contributed by atoms with van der Waals surface area (Å²) in [5.41, 5.74) is 0. The molecule has 0 radical (unpaired) electrons. The van der Waals surface area contributed by atoms with Crippen molar-refractivity contribution < 1.29 is 37.3 Å². The standard InChI is InChI=1S/C52H92NO7P/c1-6-8-10-12-14-16-18-20-21-22-23-24-25-26-27-28-29-30-31-32-34-36-38-40-42-44-47-57-49-51(50-59-61(55,56)58-48-46-53(3,4)5)60-52(54)45-43-41-39-37-35-33-19-17-15-13-11-9-7-2/h8,10,14,16,20-21,23-24,26-27,29-30,32,34,51H,6-7,9,11-13,15,17-19,22,25,28,31,33,35-50H2,1-5H3/b10-8-,16-14-,21-20-,24-23-,27-26-,30-29-,34-32-. The first-order valence-electron chi connectivity index (χ1n) is 24.3. The van der Waals surface area contributed by atoms with Crippen molar-refractivity contribution in [2.45, 2.75) is 187 Å². The van der Waals surface area contributed by atoms with Gasteiger partial charge in [-0.3, -0.25) is 9.36 Å². The van der Waals surface area contributed by atoms with Gasteiger partial charge in [-0.05, 0) is 70.6 Å². The molecule has 0 saturated carbocycles. The number of phosphoric acid groups is 1. The van der Waals surface area contributed by atoms with Crippen LogP contribution in [0.4, 0.5) is 0 Å². The third-order valence-electron chi connectivity index (χ3n) is 9.96. The molecule has 0 aromatic carbocycles. The largest absolute Gasteiger partial charge is 0.756 e. The second-order valence-corrected chi connectivity index (χ2v) is 18.5. The van der Waals surface area contributed by atoms with E-state index >= 15 is 0 Å². The molecule has 0 aliphatic heterocycles. The van der Waals surface area contributed by atoms with Crippen molar-refractivity contribution in [2.24, 2.45) is 0 Å². The van der Waals surface area contributed by atoms with Gasteiger partial charge in [0, 0.05) is 13.0 Å². The maximum Gasteiger partial charge on any atom is 0.306 e. The highest BCUT2D eigenvalue weighted by Gasteiger charge is 2.20. The molecule has 0 heterocycles. The summed E-state index contributed by atoms with van der Waals surface area (Å²) in [5.74, 6) is -0.346. The fraction of sp³-hybridized carbons (Fsp3) is 0.712. The van der Waals surface area contributed by atoms with Crippen LogP contribution < -0.4 is 4.89 Å². The van der Waals surface area contributed by atoms with Crippen molar-refractivity contribution in [3.05, 3.63) is 85.1 Å². The number of unbranched alkanes of at least 4 members (excludes halogenated alkanes) is 16. The van der Waals surface area contributed by atoms with Crippen molar-refractivity contribution in [1.82, 2.24) is 0 Å². The van der Waals surface area contributed by atoms with E-state index in [1.807, 2.05) is 21.1 Å². The molecule has 0 N–H and O–H groups in total. The van der Waals surface area contributed by atoms with Gasteiger partial charge in [-0.2, -0.15) is 0 Å². The van der Waals surface area contributed by atoms with E-state index in [0.29, 0.717) is 24.1 Å². The van der Waals surface area contributed by atoms with Crippen LogP contribution in [0.15, 0.2) is 85.1 Å². The number of ether oxygens (including phenoxy) is 2. The molecule has 9 heteroatoms. The van der Waals surface area contributed by atoms with Gasteiger partial charge in [-0.15, -0.1) is 0 Å². The monoisotopic (exact) mass is 874 g/mol. The molecule has 0 bridgehead atoms. The highest BCUT2D eigenvalue weighted by molar-refractivity contribution is 7.45. The molecule has 2 unspecified atom stereocenters. The van der Waals surface area contributed by atoms with Crippen LogP contribution in [0.1, 0.15) is 181 Å². The Kier molecular flexibility index (Phi) is 42.6. The molecule has 8 nitrogen and oxygen atoms in total. The van der Waals surface area contributed by atoms with Crippen molar-refractivity contribution in [2.75, 3.05) is 54.1 Å². The number of phosphoric ester groups is 1. The predicted octanol–water partition coefficient (Wildman–Crippen LogP) is 14.2. The second kappa shape index (κ2) is 44.3. The van der Waals surface area contributed by atoms with Crippen molar-refractivity contribution >= 4 is 13.8 Å². The van der Waals surface area contributed by atoms with Crippen LogP contribution in [0.2, 0.25) is 0 Å². The molecule has 61 heavy (non-hydrogen) atoms. The number of carbonyl (C=O) groups excluding carboxylic acids is 1. The van der Waals surface area contributed by atoms with Gasteiger partial charge in [0.1, 0.15) is 19.3 Å². The van der Waals surface area contributed by atoms with E-state index in [-0.39, 0.29) is 25.8 Å². The molecule has 352 valence electrons. The molecule has 0 fully saturated rings. The minimum atomic E-state index is -4.54. The van der Waals surface area contributed by atoms with E-state index in [4.69, 9.17) is 18.5 Å². The third kappa shape index (κ3) is 48.6. The Balaban J connectivity index is 4.22. The Morgan fingerprint density at radius 2 is 0.951 bits per heavy atom. The zero-order chi connectivity index (χ0) is 44.8. The number of hydrogen-bond acceptors (Lipinski definition) is 7. The lowest BCUT2D eigenvalue weighted by Crippen LogP contribution is -2.37. The lowest BCUT2D eigenvalue weighted by molar-refractivity contribution is -0.870. The van der Waals surface area contributed by atoms with Crippen molar-refractivity contribution in [1.29, 1.82) is 0 Å². The van der Waals surface area contributed by atoms with Gasteiger partial charge in [0.25, 0.3) is 7.82 Å². The molecule has 0 aromatic rings. The maximum atomic E-state index is 12.7. The van der Waals surface area contributed by atoms with Crippen molar-refractivity contribution in [3.63, 3.8) is 0 Å². The topological polar surface area (TPSA) is 94.1 Å². The number of hydrogen-bond donors (Lipinski definition) is 0. The van der Waals surface area contributed by atoms with E-state index in [0.717, 1.165) is 96.3 Å². The van der Waals surface area contributed by atoms with Crippen LogP contribution in [0.25, 0.3) is 0 Å². The number of esters is 1. The van der Waals surface area contributed by atoms with Crippen LogP contribution in [0.5, 0.6) is 0 Å². The van der Waals surface area contributed by atoms with E-state index < -0.39 is 13.9 Å². The quantitative estimate of drug-likeness (QED) is 0.0198. The summed E-state index contributed by atoms with van der Waals surface area (Å²) in [4.78, 5) is 25.1. The summed E-state index contributed by atoms with van der Waals surface area (Å²) in [6, 6.07) is 0. The van der Waals surface area contributed by atoms with E-state index in [9.17, 15) is 14.3 Å². The summed E-state index contributed by atoms with van der Waals surface area (Å²) in [6.07, 6.45) is 58.9. The second-order valence-electron chi connectivity index (χ2n) is 17.1. The van der Waals surface area contributed by atoms with E-state index in [2.05, 4.69) is 98.9 Å². The number of nitrogens with zero attached hydrogens (tertiary/aromatic N) is 1. The SMILES string of the molecule is CC/C=C\C/C=C\C/C=C\C/C=C\C/C=C\C/C=C\C/C=C\CCCCCCOCC(COP(=O)([O-])OCC[N+](C)(C)C)OC(=O)CCCCCCCCCCCCCCC. The number of quaternary nitrogens is 1. The number of rotatable bonds is 44. The zero-order valence-corrected chi connectivity index (χ0v) is 40.7. The van der Waals surface area contributed by atoms with Crippen LogP contribution >= 0.6 is 7.82 Å². The number of allylic oxidation sites excluding steroid dienone is 14. The molecular formula is C52H92NO7P. The average Bonchev–Trinajstić information content (AvgIpc) is 3.22. The first kappa shape index (κ1) is 58.7. The zero-order valence-electron chi connectivity index (χ0n) is 39.8. The number of likely N-dealkylation sites (N-methyl/N-ethyl adjacent to an activating group) is 1. The third-order valence-corrected chi connectivity index (χ3v) is 10.9. The molecule has 0 saturated heterocycles. The fourth-order valence-corrected chi connectivity index (χ4v) is 6.96. The van der Waals surface area contributed by atoms with Gasteiger partial charge in [-0.1, -0.05) is 189 Å². The smallest absolute Gasteiger partial charge is 0.306 e. The molecular weight excluding hydrogens is 782 g/mol. The lowest BCUT2D eigenvalue weighted by Gasteiger charge is -2.28. The summed E-state index contributed by atoms with van der Waals surface area (Å²) >= 11 is 0. The van der Waals surface area contributed by atoms with Crippen LogP contribution in [0, 0.1) is 0 Å². The Morgan fingerprint density at radius 1 is 0.525 bits per heavy atom. The van der Waals surface area contributed by atoms with Crippen LogP contribution in [0.3, 0.4) is 0 Å². The van der Waals surface area contributed by atoms with Crippen molar-refractivity contribution in [3.8, 4) is 0 Å². The maximum absolute atomic E-state index is 12.7. The Labute approximate surface area is 375 Å². The Morgan fingerprint density at radius 3 is 1.43 bits per heavy atom. The molecule has 0 aliphatic carbocycles. The Bertz CT molecular complexity index is 1250. The van der Waals surface area contributed by atoms with Gasteiger partial charge in [0.2, 0.25) is 0 Å². The average molecular weight is 874 g/mol. The normalized spacial score (nSPS) is 14.4. The van der Waals surface area contributed by atoms with Gasteiger partial charge < -0.3 is 27.9 Å². The highest BCUT2D eigenvalue weighted by Crippen LogP contribution is 2.38. The molecule has 2 atom stereocenters. The summed E-state index contributed by atoms with van der Waals surface area (Å²) in [6.45, 7) is 5.22. The molecule has 0 amide bonds.